The minimum absolute atomic E-state index is 0.0532. The van der Waals surface area contributed by atoms with Gasteiger partial charge in [0.05, 0.1) is 11.4 Å². The molecule has 9 aliphatic carbocycles. The second-order valence-corrected chi connectivity index (χ2v) is 31.0. The summed E-state index contributed by atoms with van der Waals surface area (Å²) in [5.74, 6) is 0.106. The van der Waals surface area contributed by atoms with Gasteiger partial charge in [-0.1, -0.05) is 47.6 Å². The van der Waals surface area contributed by atoms with Gasteiger partial charge in [0.25, 0.3) is 0 Å². The van der Waals surface area contributed by atoms with Gasteiger partial charge < -0.3 is 0 Å². The lowest BCUT2D eigenvalue weighted by Gasteiger charge is -2.60. The summed E-state index contributed by atoms with van der Waals surface area (Å²) in [5, 5.41) is 109. The van der Waals surface area contributed by atoms with Gasteiger partial charge in [-0.05, 0) is 349 Å². The summed E-state index contributed by atoms with van der Waals surface area (Å²) in [6.07, 6.45) is 11.6. The van der Waals surface area contributed by atoms with Crippen molar-refractivity contribution >= 4 is 302 Å². The number of nitriles is 2. The number of hydrogen-bond acceptors (Lipinski definition) is 4. The van der Waals surface area contributed by atoms with Crippen molar-refractivity contribution in [3.63, 3.8) is 0 Å². The first-order valence-corrected chi connectivity index (χ1v) is 32.1. The first-order chi connectivity index (χ1) is 43.8. The minimum atomic E-state index is -0.365. The van der Waals surface area contributed by atoms with E-state index in [1.54, 1.807) is 324 Å². The Hall–Kier alpha value is -11.3. The maximum atomic E-state index is 10.5. The number of allylic oxidation sites excluding steroid dienone is 4. The van der Waals surface area contributed by atoms with Crippen molar-refractivity contribution in [2.45, 2.75) is 35.5 Å². The molecule has 4 nitrogen and oxygen atoms in total. The molecule has 0 saturated heterocycles. The monoisotopic (exact) mass is 1080 g/mol. The SMILES string of the molecule is N#CN=C1c2ccccc2C(=NC#N)c2cc3c(cc21)[C@@H]1C=C[C@H]3C2=C1CC13c4c5c6c7c8c9c(c%10c%11c1c1c4c4c%12c5c5c6c6c8c8c%13c9c9c%10c%10c%11c%11c1c1c4c4c%12c%12c5c5c6c8c6c8c%13c9c9c%10c%10c%11c1c1c4c4c%12c5c6c5c8c9c%10c1c45)C73C2. The molecule has 0 saturated carbocycles. The van der Waals surface area contributed by atoms with Crippen molar-refractivity contribution in [2.24, 2.45) is 9.98 Å². The van der Waals surface area contributed by atoms with Gasteiger partial charge in [0.2, 0.25) is 12.4 Å². The van der Waals surface area contributed by atoms with Crippen molar-refractivity contribution in [3.8, 4) is 12.4 Å². The highest BCUT2D eigenvalue weighted by atomic mass is 14.8. The summed E-state index contributed by atoms with van der Waals surface area (Å²) in [7, 11) is 0. The van der Waals surface area contributed by atoms with E-state index in [1.807, 2.05) is 12.1 Å². The van der Waals surface area contributed by atoms with E-state index >= 15 is 0 Å². The van der Waals surface area contributed by atoms with Crippen molar-refractivity contribution in [2.75, 3.05) is 0 Å². The van der Waals surface area contributed by atoms with Gasteiger partial charge >= 0.3 is 0 Å². The molecule has 2 atom stereocenters. The fourth-order valence-electron chi connectivity index (χ4n) is 29.8. The van der Waals surface area contributed by atoms with E-state index in [9.17, 15) is 10.5 Å². The molecule has 0 N–H and O–H groups in total. The summed E-state index contributed by atoms with van der Waals surface area (Å²) in [6.45, 7) is 0. The van der Waals surface area contributed by atoms with Crippen molar-refractivity contribution in [1.29, 1.82) is 10.5 Å². The van der Waals surface area contributed by atoms with Crippen LogP contribution >= 0.6 is 0 Å². The lowest BCUT2D eigenvalue weighted by molar-refractivity contribution is 0.283. The third-order valence-electron chi connectivity index (χ3n) is 30.4. The molecule has 2 bridgehead atoms. The maximum absolute atomic E-state index is 10.5. The highest BCUT2D eigenvalue weighted by Gasteiger charge is 2.72. The van der Waals surface area contributed by atoms with Gasteiger partial charge in [-0.3, -0.25) is 0 Å². The van der Waals surface area contributed by atoms with Crippen molar-refractivity contribution < 1.29 is 0 Å². The average Bonchev–Trinajstić information content (AvgIpc) is 1.38. The number of fused-ring (bicyclic) bond motifs is 2. The van der Waals surface area contributed by atoms with Gasteiger partial charge in [-0.2, -0.15) is 20.5 Å². The molecule has 88 heavy (non-hydrogen) atoms. The highest BCUT2D eigenvalue weighted by molar-refractivity contribution is 6.82. The van der Waals surface area contributed by atoms with Gasteiger partial charge in [-0.25, -0.2) is 0 Å². The summed E-state index contributed by atoms with van der Waals surface area (Å²) >= 11 is 0. The third-order valence-corrected chi connectivity index (χ3v) is 30.4. The quantitative estimate of drug-likeness (QED) is 0.0862. The summed E-state index contributed by atoms with van der Waals surface area (Å²) in [6, 6.07) is 13.0. The first kappa shape index (κ1) is 34.6. The number of nitrogens with zero attached hydrogens (tertiary/aromatic N) is 4. The van der Waals surface area contributed by atoms with E-state index in [1.165, 1.54) is 11.1 Å². The maximum Gasteiger partial charge on any atom is 0.206 e. The predicted octanol–water partition coefficient (Wildman–Crippen LogP) is 20.8. The topological polar surface area (TPSA) is 72.3 Å². The molecule has 30 aromatic carbocycles. The molecule has 0 fully saturated rings. The van der Waals surface area contributed by atoms with Gasteiger partial charge in [-0.15, -0.1) is 0 Å². The van der Waals surface area contributed by atoms with Crippen LogP contribution in [0.3, 0.4) is 0 Å². The van der Waals surface area contributed by atoms with E-state index < -0.39 is 0 Å². The Morgan fingerprint density at radius 3 is 0.659 bits per heavy atom. The molecule has 0 radical (unpaired) electrons. The summed E-state index contributed by atoms with van der Waals surface area (Å²) in [5.41, 5.74) is 17.1. The van der Waals surface area contributed by atoms with E-state index in [-0.39, 0.29) is 22.7 Å². The van der Waals surface area contributed by atoms with E-state index in [0.717, 1.165) is 35.1 Å². The molecule has 0 unspecified atom stereocenters. The molecule has 4 heteroatoms. The van der Waals surface area contributed by atoms with Crippen LogP contribution in [0.4, 0.5) is 0 Å². The van der Waals surface area contributed by atoms with Crippen LogP contribution in [0.1, 0.15) is 80.3 Å². The van der Waals surface area contributed by atoms with Crippen LogP contribution < -0.4 is 0 Å². The molecule has 0 aromatic heterocycles. The van der Waals surface area contributed by atoms with Crippen LogP contribution in [-0.2, 0) is 10.8 Å². The fourth-order valence-corrected chi connectivity index (χ4v) is 29.8. The Kier molecular flexibility index (Phi) is 3.29. The Balaban J connectivity index is 0.869. The van der Waals surface area contributed by atoms with Crippen molar-refractivity contribution in [3.05, 3.63) is 115 Å². The molecular weight excluding hydrogens is 1060 g/mol. The average molecular weight is 1080 g/mol. The Bertz CT molecular complexity index is 8220. The second kappa shape index (κ2) is 8.37. The molecule has 9 aliphatic rings. The fraction of sp³-hybridized carbons (Fsp3) is 0.0714. The zero-order valence-corrected chi connectivity index (χ0v) is 45.0. The smallest absolute Gasteiger partial charge is 0.172 e. The zero-order chi connectivity index (χ0) is 53.3. The molecule has 0 amide bonds. The molecular formula is C84H14N4. The van der Waals surface area contributed by atoms with Crippen LogP contribution in [0.5, 0.6) is 0 Å². The molecule has 30 aromatic rings. The number of aliphatic imine (C=N–C) groups is 2. The van der Waals surface area contributed by atoms with Gasteiger partial charge in [0.1, 0.15) is 0 Å². The van der Waals surface area contributed by atoms with Crippen LogP contribution in [0.25, 0.3) is 291 Å². The number of rotatable bonds is 0. The number of benzene rings is 20. The predicted molar refractivity (Wildman–Crippen MR) is 360 cm³/mol. The minimum Gasteiger partial charge on any atom is -0.172 e. The lowest BCUT2D eigenvalue weighted by atomic mass is 9.41. The van der Waals surface area contributed by atoms with Crippen LogP contribution in [-0.4, -0.2) is 11.4 Å². The van der Waals surface area contributed by atoms with E-state index in [4.69, 9.17) is 0 Å². The Morgan fingerprint density at radius 2 is 0.466 bits per heavy atom. The first-order valence-electron chi connectivity index (χ1n) is 32.1. The van der Waals surface area contributed by atoms with Gasteiger partial charge in [0, 0.05) is 44.9 Å². The Morgan fingerprint density at radius 1 is 0.273 bits per heavy atom. The van der Waals surface area contributed by atoms with E-state index in [2.05, 4.69) is 58.8 Å². The summed E-state index contributed by atoms with van der Waals surface area (Å²) < 4.78 is 0. The second-order valence-electron chi connectivity index (χ2n) is 31.0. The number of hydrogen-bond donors (Lipinski definition) is 0. The van der Waals surface area contributed by atoms with E-state index in [0.29, 0.717) is 11.4 Å². The van der Waals surface area contributed by atoms with Crippen molar-refractivity contribution in [1.82, 2.24) is 0 Å². The molecule has 0 aliphatic heterocycles. The Labute approximate surface area is 483 Å². The molecule has 370 valence electrons. The standard InChI is InChI=1S/C84H14N4/c85-11-87-81-15-3-1-2-4-16(15)82(88-12-86)20-8-18-14-6-5-13(17(18)7-19(20)81)21-9-83-77-69-61-51-41-33-25-23-24-27-31-29(25)37-45-39(31)49-43-35(27)36-28(24)32-30-26(23)34(33)42-48-38(30)46-40(32)50-44(36)54-53(43)63-57(49)67-59(45)65(55(61)47(37)41)73(77)75(67)79-71(63)72-64(54)58(50)68-60(46)66-56(48)62(52(42)51)70(69)78(83)74(66)76(68)80(72)84(79,83)10-22(14)21/h1-8,13-14H,9-10H2/t13-,14+,83?,84?. The largest absolute Gasteiger partial charge is 0.206 e. The lowest BCUT2D eigenvalue weighted by Crippen LogP contribution is -2.55. The third kappa shape index (κ3) is 2.04. The highest BCUT2D eigenvalue weighted by Crippen LogP contribution is 2.87. The molecule has 39 rings (SSSR count). The van der Waals surface area contributed by atoms with Crippen LogP contribution in [0.15, 0.2) is 69.7 Å². The zero-order valence-electron chi connectivity index (χ0n) is 45.0. The van der Waals surface area contributed by atoms with Crippen LogP contribution in [0.2, 0.25) is 0 Å². The normalized spacial score (nSPS) is 24.3. The van der Waals surface area contributed by atoms with Crippen LogP contribution in [0, 0.1) is 22.9 Å². The summed E-state index contributed by atoms with van der Waals surface area (Å²) in [4.78, 5) is 9.29. The molecule has 0 heterocycles. The molecule has 2 spiro atoms. The van der Waals surface area contributed by atoms with Gasteiger partial charge in [0.15, 0.2) is 0 Å².